The van der Waals surface area contributed by atoms with E-state index in [9.17, 15) is 4.39 Å². The first-order chi connectivity index (χ1) is 10.2. The number of benzene rings is 3. The molecule has 106 valence electrons. The fourth-order valence-electron chi connectivity index (χ4n) is 2.62. The normalized spacial score (nSPS) is 12.5. The maximum absolute atomic E-state index is 13.8. The molecule has 1 unspecified atom stereocenters. The number of hydrogen-bond donors (Lipinski definition) is 1. The van der Waals surface area contributed by atoms with Crippen LogP contribution in [0.1, 0.15) is 17.2 Å². The van der Waals surface area contributed by atoms with E-state index < -0.39 is 0 Å². The van der Waals surface area contributed by atoms with Crippen molar-refractivity contribution in [1.29, 1.82) is 0 Å². The lowest BCUT2D eigenvalue weighted by Gasteiger charge is -2.16. The Bertz CT molecular complexity index is 785. The zero-order valence-corrected chi connectivity index (χ0v) is 12.1. The van der Waals surface area contributed by atoms with Gasteiger partial charge in [-0.2, -0.15) is 0 Å². The van der Waals surface area contributed by atoms with E-state index in [1.54, 1.807) is 12.1 Å². The van der Waals surface area contributed by atoms with Gasteiger partial charge in [-0.3, -0.25) is 0 Å². The molecule has 0 bridgehead atoms. The van der Waals surface area contributed by atoms with Crippen molar-refractivity contribution in [2.24, 2.45) is 5.73 Å². The van der Waals surface area contributed by atoms with E-state index in [1.165, 1.54) is 6.07 Å². The minimum absolute atomic E-state index is 0.216. The fourth-order valence-corrected chi connectivity index (χ4v) is 2.85. The molecule has 0 saturated heterocycles. The highest BCUT2D eigenvalue weighted by molar-refractivity contribution is 6.35. The molecule has 0 heterocycles. The van der Waals surface area contributed by atoms with Crippen LogP contribution in [0.25, 0.3) is 10.8 Å². The van der Waals surface area contributed by atoms with Gasteiger partial charge in [0, 0.05) is 16.5 Å². The molecule has 0 aliphatic carbocycles. The van der Waals surface area contributed by atoms with Gasteiger partial charge in [0.15, 0.2) is 0 Å². The summed E-state index contributed by atoms with van der Waals surface area (Å²) in [7, 11) is 0. The summed E-state index contributed by atoms with van der Waals surface area (Å²) >= 11 is 6.22. The largest absolute Gasteiger partial charge is 0.324 e. The number of hydrogen-bond acceptors (Lipinski definition) is 1. The highest BCUT2D eigenvalue weighted by Crippen LogP contribution is 2.30. The Morgan fingerprint density at radius 2 is 1.57 bits per heavy atom. The molecular weight excluding hydrogens is 285 g/mol. The van der Waals surface area contributed by atoms with E-state index in [-0.39, 0.29) is 11.9 Å². The second kappa shape index (κ2) is 5.84. The smallest absolute Gasteiger partial charge is 0.126 e. The molecule has 0 radical (unpaired) electrons. The summed E-state index contributed by atoms with van der Waals surface area (Å²) in [5.74, 6) is -0.216. The first-order valence-electron chi connectivity index (χ1n) is 6.83. The summed E-state index contributed by atoms with van der Waals surface area (Å²) in [6, 6.07) is 18.1. The third-order valence-corrected chi connectivity index (χ3v) is 4.03. The SMILES string of the molecule is NC(Cc1ccccc1F)c1ccc(Cl)c2ccccc12. The van der Waals surface area contributed by atoms with E-state index in [2.05, 4.69) is 0 Å². The number of rotatable bonds is 3. The molecule has 0 aliphatic heterocycles. The van der Waals surface area contributed by atoms with Gasteiger partial charge < -0.3 is 5.73 Å². The maximum Gasteiger partial charge on any atom is 0.126 e. The van der Waals surface area contributed by atoms with Crippen LogP contribution in [0, 0.1) is 5.82 Å². The predicted molar refractivity (Wildman–Crippen MR) is 86.0 cm³/mol. The van der Waals surface area contributed by atoms with Crippen molar-refractivity contribution < 1.29 is 4.39 Å². The first-order valence-corrected chi connectivity index (χ1v) is 7.21. The standard InChI is InChI=1S/C18H15ClFN/c19-16-10-9-15(13-6-2-3-7-14(13)16)18(21)11-12-5-1-4-8-17(12)20/h1-10,18H,11,21H2. The van der Waals surface area contributed by atoms with Crippen molar-refractivity contribution >= 4 is 22.4 Å². The molecule has 1 atom stereocenters. The van der Waals surface area contributed by atoms with Crippen molar-refractivity contribution in [2.75, 3.05) is 0 Å². The van der Waals surface area contributed by atoms with E-state index >= 15 is 0 Å². The van der Waals surface area contributed by atoms with Gasteiger partial charge in [-0.05, 0) is 35.1 Å². The van der Waals surface area contributed by atoms with Crippen molar-refractivity contribution in [3.63, 3.8) is 0 Å². The number of nitrogens with two attached hydrogens (primary N) is 1. The Balaban J connectivity index is 2.01. The Kier molecular flexibility index (Phi) is 3.91. The van der Waals surface area contributed by atoms with Crippen LogP contribution in [0.3, 0.4) is 0 Å². The van der Waals surface area contributed by atoms with Gasteiger partial charge in [0.05, 0.1) is 0 Å². The predicted octanol–water partition coefficient (Wildman–Crippen LogP) is 4.87. The van der Waals surface area contributed by atoms with E-state index in [0.717, 1.165) is 16.3 Å². The average Bonchev–Trinajstić information content (AvgIpc) is 2.50. The first kappa shape index (κ1) is 14.1. The Morgan fingerprint density at radius 3 is 2.33 bits per heavy atom. The van der Waals surface area contributed by atoms with Crippen LogP contribution >= 0.6 is 11.6 Å². The third-order valence-electron chi connectivity index (χ3n) is 3.70. The van der Waals surface area contributed by atoms with E-state index in [0.29, 0.717) is 17.0 Å². The molecule has 2 N–H and O–H groups in total. The van der Waals surface area contributed by atoms with Gasteiger partial charge >= 0.3 is 0 Å². The van der Waals surface area contributed by atoms with E-state index in [4.69, 9.17) is 17.3 Å². The summed E-state index contributed by atoms with van der Waals surface area (Å²) in [4.78, 5) is 0. The molecule has 0 amide bonds. The van der Waals surface area contributed by atoms with Gasteiger partial charge in [0.1, 0.15) is 5.82 Å². The monoisotopic (exact) mass is 299 g/mol. The molecular formula is C18H15ClFN. The van der Waals surface area contributed by atoms with Crippen LogP contribution < -0.4 is 5.73 Å². The van der Waals surface area contributed by atoms with Crippen LogP contribution in [0.2, 0.25) is 5.02 Å². The lowest BCUT2D eigenvalue weighted by molar-refractivity contribution is 0.594. The van der Waals surface area contributed by atoms with Crippen molar-refractivity contribution in [3.8, 4) is 0 Å². The van der Waals surface area contributed by atoms with Crippen molar-refractivity contribution in [1.82, 2.24) is 0 Å². The third kappa shape index (κ3) is 2.78. The minimum Gasteiger partial charge on any atom is -0.324 e. The quantitative estimate of drug-likeness (QED) is 0.733. The van der Waals surface area contributed by atoms with Gasteiger partial charge in [-0.1, -0.05) is 60.1 Å². The average molecular weight is 300 g/mol. The molecule has 1 nitrogen and oxygen atoms in total. The van der Waals surface area contributed by atoms with Crippen LogP contribution in [0.5, 0.6) is 0 Å². The van der Waals surface area contributed by atoms with Crippen LogP contribution in [0.4, 0.5) is 4.39 Å². The Hall–Kier alpha value is -1.90. The van der Waals surface area contributed by atoms with Crippen LogP contribution in [-0.4, -0.2) is 0 Å². The number of fused-ring (bicyclic) bond motifs is 1. The van der Waals surface area contributed by atoms with Crippen LogP contribution in [0.15, 0.2) is 60.7 Å². The van der Waals surface area contributed by atoms with Gasteiger partial charge in [-0.25, -0.2) is 4.39 Å². The molecule has 0 spiro atoms. The zero-order valence-electron chi connectivity index (χ0n) is 11.4. The van der Waals surface area contributed by atoms with E-state index in [1.807, 2.05) is 42.5 Å². The molecule has 0 aliphatic rings. The second-order valence-electron chi connectivity index (χ2n) is 5.08. The highest BCUT2D eigenvalue weighted by atomic mass is 35.5. The molecule has 0 saturated carbocycles. The highest BCUT2D eigenvalue weighted by Gasteiger charge is 2.13. The van der Waals surface area contributed by atoms with Gasteiger partial charge in [0.25, 0.3) is 0 Å². The molecule has 3 aromatic carbocycles. The summed E-state index contributed by atoms with van der Waals surface area (Å²) in [5, 5.41) is 2.70. The molecule has 0 fully saturated rings. The minimum atomic E-state index is -0.274. The summed E-state index contributed by atoms with van der Waals surface area (Å²) in [6.45, 7) is 0. The molecule has 21 heavy (non-hydrogen) atoms. The lowest BCUT2D eigenvalue weighted by atomic mass is 9.94. The molecule has 0 aromatic heterocycles. The van der Waals surface area contributed by atoms with Gasteiger partial charge in [-0.15, -0.1) is 0 Å². The van der Waals surface area contributed by atoms with Crippen molar-refractivity contribution in [3.05, 3.63) is 82.6 Å². The zero-order chi connectivity index (χ0) is 14.8. The lowest BCUT2D eigenvalue weighted by Crippen LogP contribution is -2.14. The molecule has 3 aromatic rings. The summed E-state index contributed by atoms with van der Waals surface area (Å²) in [6.07, 6.45) is 0.457. The molecule has 3 heteroatoms. The summed E-state index contributed by atoms with van der Waals surface area (Å²) in [5.41, 5.74) is 7.92. The summed E-state index contributed by atoms with van der Waals surface area (Å²) < 4.78 is 13.8. The van der Waals surface area contributed by atoms with Crippen molar-refractivity contribution in [2.45, 2.75) is 12.5 Å². The number of halogens is 2. The Morgan fingerprint density at radius 1 is 0.905 bits per heavy atom. The van der Waals surface area contributed by atoms with Gasteiger partial charge in [0.2, 0.25) is 0 Å². The van der Waals surface area contributed by atoms with Crippen LogP contribution in [-0.2, 0) is 6.42 Å². The fraction of sp³-hybridized carbons (Fsp3) is 0.111. The second-order valence-corrected chi connectivity index (χ2v) is 5.49. The Labute approximate surface area is 128 Å². The topological polar surface area (TPSA) is 26.0 Å². The maximum atomic E-state index is 13.8. The molecule has 3 rings (SSSR count).